The van der Waals surface area contributed by atoms with E-state index in [1.54, 1.807) is 18.0 Å². The SMILES string of the molecule is CCn1c(SCc2ccccc2Cl)nnc1-c1ccoc1C. The smallest absolute Gasteiger partial charge is 0.191 e. The molecule has 1 aromatic carbocycles. The van der Waals surface area contributed by atoms with Crippen molar-refractivity contribution in [1.29, 1.82) is 0 Å². The number of benzene rings is 1. The van der Waals surface area contributed by atoms with Crippen LogP contribution in [0, 0.1) is 6.92 Å². The molecule has 4 nitrogen and oxygen atoms in total. The van der Waals surface area contributed by atoms with Gasteiger partial charge in [-0.15, -0.1) is 10.2 Å². The van der Waals surface area contributed by atoms with Crippen LogP contribution in [0.5, 0.6) is 0 Å². The van der Waals surface area contributed by atoms with Gasteiger partial charge in [0.2, 0.25) is 0 Å². The van der Waals surface area contributed by atoms with Gasteiger partial charge in [-0.3, -0.25) is 0 Å². The van der Waals surface area contributed by atoms with Crippen molar-refractivity contribution in [2.45, 2.75) is 31.3 Å². The monoisotopic (exact) mass is 333 g/mol. The predicted molar refractivity (Wildman–Crippen MR) is 89.1 cm³/mol. The fraction of sp³-hybridized carbons (Fsp3) is 0.250. The fourth-order valence-electron chi connectivity index (χ4n) is 2.25. The van der Waals surface area contributed by atoms with Gasteiger partial charge in [-0.25, -0.2) is 0 Å². The summed E-state index contributed by atoms with van der Waals surface area (Å²) in [5.41, 5.74) is 2.08. The van der Waals surface area contributed by atoms with E-state index in [-0.39, 0.29) is 0 Å². The number of halogens is 1. The van der Waals surface area contributed by atoms with E-state index >= 15 is 0 Å². The van der Waals surface area contributed by atoms with E-state index in [2.05, 4.69) is 21.7 Å². The third-order valence-electron chi connectivity index (χ3n) is 3.45. The first-order valence-electron chi connectivity index (χ1n) is 7.04. The molecule has 114 valence electrons. The van der Waals surface area contributed by atoms with Gasteiger partial charge < -0.3 is 8.98 Å². The van der Waals surface area contributed by atoms with Crippen molar-refractivity contribution in [2.75, 3.05) is 0 Å². The summed E-state index contributed by atoms with van der Waals surface area (Å²) >= 11 is 7.84. The van der Waals surface area contributed by atoms with Crippen LogP contribution >= 0.6 is 23.4 Å². The van der Waals surface area contributed by atoms with Gasteiger partial charge in [0.05, 0.1) is 11.8 Å². The average Bonchev–Trinajstić information content (AvgIpc) is 3.11. The lowest BCUT2D eigenvalue weighted by Gasteiger charge is -2.07. The molecule has 0 spiro atoms. The van der Waals surface area contributed by atoms with Gasteiger partial charge in [0, 0.05) is 17.3 Å². The zero-order valence-corrected chi connectivity index (χ0v) is 14.0. The molecule has 0 unspecified atom stereocenters. The Kier molecular flexibility index (Phi) is 4.55. The molecule has 0 atom stereocenters. The maximum Gasteiger partial charge on any atom is 0.191 e. The number of nitrogens with zero attached hydrogens (tertiary/aromatic N) is 3. The predicted octanol–water partition coefficient (Wildman–Crippen LogP) is 4.81. The fourth-order valence-corrected chi connectivity index (χ4v) is 3.54. The maximum atomic E-state index is 6.20. The third-order valence-corrected chi connectivity index (χ3v) is 4.83. The van der Waals surface area contributed by atoms with Gasteiger partial charge in [-0.1, -0.05) is 41.6 Å². The largest absolute Gasteiger partial charge is 0.469 e. The van der Waals surface area contributed by atoms with Gasteiger partial charge in [0.1, 0.15) is 5.76 Å². The number of hydrogen-bond acceptors (Lipinski definition) is 4. The first-order valence-corrected chi connectivity index (χ1v) is 8.41. The summed E-state index contributed by atoms with van der Waals surface area (Å²) in [6.45, 7) is 4.82. The van der Waals surface area contributed by atoms with E-state index in [0.29, 0.717) is 0 Å². The summed E-state index contributed by atoms with van der Waals surface area (Å²) in [5.74, 6) is 2.46. The number of rotatable bonds is 5. The van der Waals surface area contributed by atoms with Crippen molar-refractivity contribution < 1.29 is 4.42 Å². The van der Waals surface area contributed by atoms with Gasteiger partial charge in [0.25, 0.3) is 0 Å². The lowest BCUT2D eigenvalue weighted by atomic mass is 10.2. The maximum absolute atomic E-state index is 6.20. The summed E-state index contributed by atoms with van der Waals surface area (Å²) in [6, 6.07) is 9.79. The van der Waals surface area contributed by atoms with Crippen LogP contribution in [0.15, 0.2) is 46.2 Å². The minimum absolute atomic E-state index is 0.766. The lowest BCUT2D eigenvalue weighted by Crippen LogP contribution is -2.00. The number of hydrogen-bond donors (Lipinski definition) is 0. The Balaban J connectivity index is 1.85. The van der Waals surface area contributed by atoms with Crippen LogP contribution in [-0.4, -0.2) is 14.8 Å². The molecule has 0 saturated carbocycles. The first-order chi connectivity index (χ1) is 10.7. The minimum atomic E-state index is 0.766. The van der Waals surface area contributed by atoms with E-state index in [1.807, 2.05) is 37.3 Å². The second kappa shape index (κ2) is 6.58. The number of aryl methyl sites for hydroxylation is 1. The topological polar surface area (TPSA) is 43.9 Å². The zero-order chi connectivity index (χ0) is 15.5. The first kappa shape index (κ1) is 15.2. The molecule has 3 aromatic rings. The highest BCUT2D eigenvalue weighted by molar-refractivity contribution is 7.98. The van der Waals surface area contributed by atoms with E-state index in [1.165, 1.54) is 0 Å². The van der Waals surface area contributed by atoms with Crippen LogP contribution in [0.4, 0.5) is 0 Å². The van der Waals surface area contributed by atoms with Crippen LogP contribution in [0.2, 0.25) is 5.02 Å². The molecule has 0 radical (unpaired) electrons. The number of aromatic nitrogens is 3. The van der Waals surface area contributed by atoms with Crippen LogP contribution < -0.4 is 0 Å². The highest BCUT2D eigenvalue weighted by Gasteiger charge is 2.16. The van der Waals surface area contributed by atoms with Crippen LogP contribution in [0.25, 0.3) is 11.4 Å². The molecule has 2 heterocycles. The molecule has 0 saturated heterocycles. The molecular weight excluding hydrogens is 318 g/mol. The third kappa shape index (κ3) is 2.91. The summed E-state index contributed by atoms with van der Waals surface area (Å²) in [5, 5.41) is 10.3. The Morgan fingerprint density at radius 2 is 2.05 bits per heavy atom. The molecule has 3 rings (SSSR count). The Labute approximate surface area is 138 Å². The Morgan fingerprint density at radius 3 is 2.73 bits per heavy atom. The van der Waals surface area contributed by atoms with E-state index < -0.39 is 0 Å². The molecule has 22 heavy (non-hydrogen) atoms. The second-order valence-corrected chi connectivity index (χ2v) is 6.17. The molecule has 0 fully saturated rings. The van der Waals surface area contributed by atoms with Gasteiger partial charge in [-0.05, 0) is 31.5 Å². The van der Waals surface area contributed by atoms with Crippen molar-refractivity contribution >= 4 is 23.4 Å². The van der Waals surface area contributed by atoms with Crippen molar-refractivity contribution in [1.82, 2.24) is 14.8 Å². The van der Waals surface area contributed by atoms with Crippen LogP contribution in [0.3, 0.4) is 0 Å². The Hall–Kier alpha value is -1.72. The lowest BCUT2D eigenvalue weighted by molar-refractivity contribution is 0.534. The van der Waals surface area contributed by atoms with E-state index in [9.17, 15) is 0 Å². The summed E-state index contributed by atoms with van der Waals surface area (Å²) in [6.07, 6.45) is 1.68. The van der Waals surface area contributed by atoms with Gasteiger partial charge in [0.15, 0.2) is 11.0 Å². The summed E-state index contributed by atoms with van der Waals surface area (Å²) < 4.78 is 7.46. The quantitative estimate of drug-likeness (QED) is 0.628. The van der Waals surface area contributed by atoms with Crippen LogP contribution in [-0.2, 0) is 12.3 Å². The zero-order valence-electron chi connectivity index (χ0n) is 12.4. The highest BCUT2D eigenvalue weighted by Crippen LogP contribution is 2.29. The number of furan rings is 1. The summed E-state index contributed by atoms with van der Waals surface area (Å²) in [7, 11) is 0. The normalized spacial score (nSPS) is 11.0. The highest BCUT2D eigenvalue weighted by atomic mass is 35.5. The Morgan fingerprint density at radius 1 is 1.23 bits per heavy atom. The average molecular weight is 334 g/mol. The molecule has 0 amide bonds. The Bertz CT molecular complexity index is 781. The van der Waals surface area contributed by atoms with E-state index in [4.69, 9.17) is 16.0 Å². The molecule has 2 aromatic heterocycles. The second-order valence-electron chi connectivity index (χ2n) is 4.82. The van der Waals surface area contributed by atoms with Gasteiger partial charge in [-0.2, -0.15) is 0 Å². The molecular formula is C16H16ClN3OS. The van der Waals surface area contributed by atoms with Crippen molar-refractivity contribution in [3.63, 3.8) is 0 Å². The molecule has 0 bridgehead atoms. The molecule has 0 N–H and O–H groups in total. The van der Waals surface area contributed by atoms with Gasteiger partial charge >= 0.3 is 0 Å². The van der Waals surface area contributed by atoms with Crippen molar-refractivity contribution in [3.8, 4) is 11.4 Å². The van der Waals surface area contributed by atoms with Crippen molar-refractivity contribution in [3.05, 3.63) is 52.9 Å². The number of thioether (sulfide) groups is 1. The minimum Gasteiger partial charge on any atom is -0.469 e. The molecule has 0 aliphatic heterocycles. The molecule has 0 aliphatic carbocycles. The molecule has 0 aliphatic rings. The molecule has 6 heteroatoms. The summed E-state index contributed by atoms with van der Waals surface area (Å²) in [4.78, 5) is 0. The standard InChI is InChI=1S/C16H16ClN3OS/c1-3-20-15(13-8-9-21-11(13)2)18-19-16(20)22-10-12-6-4-5-7-14(12)17/h4-9H,3,10H2,1-2H3. The van der Waals surface area contributed by atoms with Crippen LogP contribution in [0.1, 0.15) is 18.2 Å². The van der Waals surface area contributed by atoms with Crippen molar-refractivity contribution in [2.24, 2.45) is 0 Å². The van der Waals surface area contributed by atoms with E-state index in [0.717, 1.165) is 45.2 Å².